The van der Waals surface area contributed by atoms with Gasteiger partial charge < -0.3 is 14.1 Å². The van der Waals surface area contributed by atoms with Crippen molar-refractivity contribution in [3.63, 3.8) is 0 Å². The van der Waals surface area contributed by atoms with E-state index in [1.54, 1.807) is 6.07 Å². The van der Waals surface area contributed by atoms with Gasteiger partial charge in [-0.25, -0.2) is 9.78 Å². The third kappa shape index (κ3) is 2.37. The number of para-hydroxylation sites is 2. The van der Waals surface area contributed by atoms with E-state index in [2.05, 4.69) is 11.1 Å². The van der Waals surface area contributed by atoms with E-state index in [1.165, 1.54) is 6.07 Å². The van der Waals surface area contributed by atoms with Gasteiger partial charge in [0.1, 0.15) is 11.6 Å². The number of aromatic carboxylic acids is 1. The van der Waals surface area contributed by atoms with E-state index in [4.69, 9.17) is 14.8 Å². The maximum absolute atomic E-state index is 10.8. The maximum Gasteiger partial charge on any atom is 0.371 e. The molecule has 0 saturated carbocycles. The molecule has 0 spiro atoms. The highest BCUT2D eigenvalue weighted by Crippen LogP contribution is 2.19. The number of furan rings is 1. The van der Waals surface area contributed by atoms with Crippen molar-refractivity contribution in [3.05, 3.63) is 53.7 Å². The van der Waals surface area contributed by atoms with E-state index in [1.807, 2.05) is 28.8 Å². The third-order valence-electron chi connectivity index (χ3n) is 3.16. The van der Waals surface area contributed by atoms with E-state index < -0.39 is 5.97 Å². The van der Waals surface area contributed by atoms with Crippen molar-refractivity contribution in [1.29, 1.82) is 5.26 Å². The van der Waals surface area contributed by atoms with Crippen LogP contribution in [0.25, 0.3) is 11.0 Å². The molecule has 6 heteroatoms. The van der Waals surface area contributed by atoms with Gasteiger partial charge in [0.15, 0.2) is 0 Å². The Labute approximate surface area is 119 Å². The van der Waals surface area contributed by atoms with Crippen LogP contribution < -0.4 is 0 Å². The smallest absolute Gasteiger partial charge is 0.371 e. The van der Waals surface area contributed by atoms with Crippen molar-refractivity contribution in [1.82, 2.24) is 9.55 Å². The Morgan fingerprint density at radius 3 is 2.86 bits per heavy atom. The molecule has 21 heavy (non-hydrogen) atoms. The van der Waals surface area contributed by atoms with Gasteiger partial charge in [-0.3, -0.25) is 0 Å². The molecule has 0 aliphatic heterocycles. The summed E-state index contributed by atoms with van der Waals surface area (Å²) >= 11 is 0. The third-order valence-corrected chi connectivity index (χ3v) is 3.16. The van der Waals surface area contributed by atoms with Crippen molar-refractivity contribution >= 4 is 17.0 Å². The van der Waals surface area contributed by atoms with Crippen molar-refractivity contribution in [2.75, 3.05) is 0 Å². The van der Waals surface area contributed by atoms with E-state index in [0.717, 1.165) is 11.0 Å². The Morgan fingerprint density at radius 2 is 2.14 bits per heavy atom. The first-order valence-electron chi connectivity index (χ1n) is 6.32. The molecule has 3 aromatic rings. The molecular formula is C15H11N3O3. The van der Waals surface area contributed by atoms with Gasteiger partial charge in [-0.15, -0.1) is 0 Å². The van der Waals surface area contributed by atoms with Crippen LogP contribution in [0.1, 0.15) is 22.1 Å². The highest BCUT2D eigenvalue weighted by atomic mass is 16.4. The number of nitrogens with zero attached hydrogens (tertiary/aromatic N) is 3. The second kappa shape index (κ2) is 5.13. The highest BCUT2D eigenvalue weighted by molar-refractivity contribution is 5.84. The van der Waals surface area contributed by atoms with Crippen LogP contribution in [0.5, 0.6) is 0 Å². The average molecular weight is 281 g/mol. The summed E-state index contributed by atoms with van der Waals surface area (Å²) in [4.78, 5) is 15.3. The molecule has 2 aromatic heterocycles. The molecule has 0 aliphatic rings. The summed E-state index contributed by atoms with van der Waals surface area (Å²) < 4.78 is 7.13. The van der Waals surface area contributed by atoms with Crippen LogP contribution in [-0.2, 0) is 13.0 Å². The quantitative estimate of drug-likeness (QED) is 0.793. The lowest BCUT2D eigenvalue weighted by molar-refractivity contribution is 0.0660. The van der Waals surface area contributed by atoms with Crippen molar-refractivity contribution in [3.8, 4) is 6.07 Å². The van der Waals surface area contributed by atoms with E-state index in [0.29, 0.717) is 18.1 Å². The van der Waals surface area contributed by atoms with Crippen molar-refractivity contribution < 1.29 is 14.3 Å². The monoisotopic (exact) mass is 281 g/mol. The van der Waals surface area contributed by atoms with Gasteiger partial charge in [-0.05, 0) is 24.3 Å². The standard InChI is InChI=1S/C15H11N3O3/c16-8-7-14-17-11-3-1-2-4-12(11)18(14)9-10-5-6-13(21-10)15(19)20/h1-6H,7,9H2,(H,19,20). The minimum atomic E-state index is -1.10. The number of carbonyl (C=O) groups is 1. The minimum Gasteiger partial charge on any atom is -0.475 e. The zero-order valence-corrected chi connectivity index (χ0v) is 11.0. The normalized spacial score (nSPS) is 10.6. The van der Waals surface area contributed by atoms with Gasteiger partial charge in [0.2, 0.25) is 5.76 Å². The molecule has 1 aromatic carbocycles. The topological polar surface area (TPSA) is 92.0 Å². The predicted molar refractivity (Wildman–Crippen MR) is 73.8 cm³/mol. The number of carboxylic acids is 1. The fourth-order valence-electron chi connectivity index (χ4n) is 2.24. The number of fused-ring (bicyclic) bond motifs is 1. The average Bonchev–Trinajstić information content (AvgIpc) is 3.06. The second-order valence-corrected chi connectivity index (χ2v) is 4.51. The molecule has 2 heterocycles. The lowest BCUT2D eigenvalue weighted by Gasteiger charge is -2.05. The molecular weight excluding hydrogens is 270 g/mol. The van der Waals surface area contributed by atoms with Gasteiger partial charge in [0, 0.05) is 0 Å². The van der Waals surface area contributed by atoms with Gasteiger partial charge in [0.05, 0.1) is 30.1 Å². The summed E-state index contributed by atoms with van der Waals surface area (Å²) in [6.45, 7) is 0.338. The first kappa shape index (κ1) is 12.9. The Morgan fingerprint density at radius 1 is 1.33 bits per heavy atom. The Bertz CT molecular complexity index is 855. The Balaban J connectivity index is 2.03. The number of nitriles is 1. The second-order valence-electron chi connectivity index (χ2n) is 4.51. The number of carboxylic acid groups (broad SMARTS) is 1. The molecule has 0 radical (unpaired) electrons. The molecule has 0 amide bonds. The molecule has 0 atom stereocenters. The lowest BCUT2D eigenvalue weighted by Crippen LogP contribution is -2.04. The number of hydrogen-bond acceptors (Lipinski definition) is 4. The summed E-state index contributed by atoms with van der Waals surface area (Å²) in [6.07, 6.45) is 0.182. The Hall–Kier alpha value is -3.07. The summed E-state index contributed by atoms with van der Waals surface area (Å²) in [7, 11) is 0. The fraction of sp³-hybridized carbons (Fsp3) is 0.133. The van der Waals surface area contributed by atoms with Crippen LogP contribution in [0.4, 0.5) is 0 Å². The molecule has 0 bridgehead atoms. The fourth-order valence-corrected chi connectivity index (χ4v) is 2.24. The predicted octanol–water partition coefficient (Wildman–Crippen LogP) is 2.44. The largest absolute Gasteiger partial charge is 0.475 e. The first-order valence-corrected chi connectivity index (χ1v) is 6.32. The number of imidazole rings is 1. The van der Waals surface area contributed by atoms with Crippen molar-refractivity contribution in [2.45, 2.75) is 13.0 Å². The van der Waals surface area contributed by atoms with Crippen molar-refractivity contribution in [2.24, 2.45) is 0 Å². The molecule has 0 aliphatic carbocycles. The number of hydrogen-bond donors (Lipinski definition) is 1. The Kier molecular flexibility index (Phi) is 3.16. The summed E-state index contributed by atoms with van der Waals surface area (Å²) in [6, 6.07) is 12.7. The SMILES string of the molecule is N#CCc1nc2ccccc2n1Cc1ccc(C(=O)O)o1. The summed E-state index contributed by atoms with van der Waals surface area (Å²) in [5.41, 5.74) is 1.68. The molecule has 0 fully saturated rings. The lowest BCUT2D eigenvalue weighted by atomic mass is 10.3. The first-order chi connectivity index (χ1) is 10.2. The van der Waals surface area contributed by atoms with Gasteiger partial charge in [-0.2, -0.15) is 5.26 Å². The van der Waals surface area contributed by atoms with Gasteiger partial charge >= 0.3 is 5.97 Å². The maximum atomic E-state index is 10.8. The van der Waals surface area contributed by atoms with Crippen LogP contribution in [0.3, 0.4) is 0 Å². The van der Waals surface area contributed by atoms with Crippen LogP contribution in [0.2, 0.25) is 0 Å². The van der Waals surface area contributed by atoms with Crippen LogP contribution in [0, 0.1) is 11.3 Å². The number of benzene rings is 1. The van der Waals surface area contributed by atoms with E-state index in [-0.39, 0.29) is 12.2 Å². The number of rotatable bonds is 4. The van der Waals surface area contributed by atoms with E-state index in [9.17, 15) is 4.79 Å². The van der Waals surface area contributed by atoms with Crippen LogP contribution >= 0.6 is 0 Å². The molecule has 6 nitrogen and oxygen atoms in total. The molecule has 0 saturated heterocycles. The van der Waals surface area contributed by atoms with Crippen LogP contribution in [0.15, 0.2) is 40.8 Å². The van der Waals surface area contributed by atoms with Gasteiger partial charge in [-0.1, -0.05) is 12.1 Å². The minimum absolute atomic E-state index is 0.101. The van der Waals surface area contributed by atoms with E-state index >= 15 is 0 Å². The molecule has 0 unspecified atom stereocenters. The molecule has 3 rings (SSSR count). The number of aromatic nitrogens is 2. The van der Waals surface area contributed by atoms with Crippen LogP contribution in [-0.4, -0.2) is 20.6 Å². The highest BCUT2D eigenvalue weighted by Gasteiger charge is 2.14. The van der Waals surface area contributed by atoms with Gasteiger partial charge in [0.25, 0.3) is 0 Å². The summed E-state index contributed by atoms with van der Waals surface area (Å²) in [5.74, 6) is -0.0630. The summed E-state index contributed by atoms with van der Waals surface area (Å²) in [5, 5.41) is 17.8. The zero-order chi connectivity index (χ0) is 14.8. The molecule has 1 N–H and O–H groups in total. The molecule has 104 valence electrons. The zero-order valence-electron chi connectivity index (χ0n) is 11.0.